The van der Waals surface area contributed by atoms with Gasteiger partial charge in [-0.2, -0.15) is 5.26 Å². The minimum absolute atomic E-state index is 0.0843. The second-order valence-corrected chi connectivity index (χ2v) is 7.20. The number of methoxy groups -OCH3 is 1. The number of sulfonamides is 1. The minimum Gasteiger partial charge on any atom is -0.384 e. The molecule has 1 aromatic rings. The number of nitrogens with zero attached hydrogens (tertiary/aromatic N) is 2. The normalized spacial score (nSPS) is 17.8. The third-order valence-electron chi connectivity index (χ3n) is 3.92. The Morgan fingerprint density at radius 3 is 2.86 bits per heavy atom. The first-order chi connectivity index (χ1) is 10.5. The molecule has 0 amide bonds. The lowest BCUT2D eigenvalue weighted by Gasteiger charge is -2.37. The van der Waals surface area contributed by atoms with Crippen LogP contribution in [0, 0.1) is 16.7 Å². The molecule has 0 radical (unpaired) electrons. The maximum atomic E-state index is 12.4. The molecule has 0 aliphatic carbocycles. The first-order valence-electron chi connectivity index (χ1n) is 7.07. The van der Waals surface area contributed by atoms with Crippen LogP contribution >= 0.6 is 0 Å². The lowest BCUT2D eigenvalue weighted by molar-refractivity contribution is 0.0577. The summed E-state index contributed by atoms with van der Waals surface area (Å²) in [6.07, 6.45) is 3.07. The van der Waals surface area contributed by atoms with Crippen LogP contribution in [0.3, 0.4) is 0 Å². The van der Waals surface area contributed by atoms with Crippen LogP contribution in [0.5, 0.6) is 0 Å². The molecule has 0 aromatic carbocycles. The van der Waals surface area contributed by atoms with E-state index in [1.807, 2.05) is 6.07 Å². The zero-order valence-corrected chi connectivity index (χ0v) is 13.3. The Morgan fingerprint density at radius 2 is 2.23 bits per heavy atom. The summed E-state index contributed by atoms with van der Waals surface area (Å²) in [6, 6.07) is 4.70. The highest BCUT2D eigenvalue weighted by Crippen LogP contribution is 2.29. The molecule has 0 spiro atoms. The van der Waals surface area contributed by atoms with Gasteiger partial charge in [0.1, 0.15) is 11.0 Å². The van der Waals surface area contributed by atoms with Crippen LogP contribution in [0.25, 0.3) is 0 Å². The van der Waals surface area contributed by atoms with Crippen molar-refractivity contribution in [2.45, 2.75) is 17.7 Å². The SMILES string of the molecule is COCC1(CNS(=O)(=O)c2cccnc2C#N)CCNCC1. The van der Waals surface area contributed by atoms with Gasteiger partial charge >= 0.3 is 0 Å². The summed E-state index contributed by atoms with van der Waals surface area (Å²) in [5.41, 5.74) is -0.316. The van der Waals surface area contributed by atoms with Crippen molar-refractivity contribution in [1.29, 1.82) is 5.26 Å². The van der Waals surface area contributed by atoms with Gasteiger partial charge in [0, 0.05) is 25.3 Å². The molecule has 0 saturated carbocycles. The number of pyridine rings is 1. The molecule has 2 rings (SSSR count). The van der Waals surface area contributed by atoms with E-state index >= 15 is 0 Å². The van der Waals surface area contributed by atoms with E-state index in [0.717, 1.165) is 25.9 Å². The number of nitriles is 1. The Bertz CT molecular complexity index is 643. The molecule has 22 heavy (non-hydrogen) atoms. The fourth-order valence-electron chi connectivity index (χ4n) is 2.65. The van der Waals surface area contributed by atoms with Crippen molar-refractivity contribution in [3.05, 3.63) is 24.0 Å². The summed E-state index contributed by atoms with van der Waals surface area (Å²) in [4.78, 5) is 3.71. The molecule has 0 unspecified atom stereocenters. The summed E-state index contributed by atoms with van der Waals surface area (Å²) in [6.45, 7) is 2.45. The Labute approximate surface area is 130 Å². The zero-order valence-electron chi connectivity index (χ0n) is 12.5. The maximum absolute atomic E-state index is 12.4. The molecule has 120 valence electrons. The van der Waals surface area contributed by atoms with Gasteiger partial charge in [0.15, 0.2) is 5.69 Å². The number of piperidine rings is 1. The van der Waals surface area contributed by atoms with Crippen LogP contribution in [0.15, 0.2) is 23.2 Å². The van der Waals surface area contributed by atoms with E-state index in [2.05, 4.69) is 15.0 Å². The van der Waals surface area contributed by atoms with Crippen molar-refractivity contribution < 1.29 is 13.2 Å². The largest absolute Gasteiger partial charge is 0.384 e. The van der Waals surface area contributed by atoms with Crippen molar-refractivity contribution in [2.75, 3.05) is 33.4 Å². The number of rotatable bonds is 6. The topological polar surface area (TPSA) is 104 Å². The molecule has 1 aliphatic rings. The van der Waals surface area contributed by atoms with E-state index in [0.29, 0.717) is 6.61 Å². The van der Waals surface area contributed by atoms with E-state index in [4.69, 9.17) is 10.00 Å². The molecule has 1 aliphatic heterocycles. The zero-order chi connectivity index (χ0) is 16.1. The number of hydrogen-bond acceptors (Lipinski definition) is 6. The van der Waals surface area contributed by atoms with Gasteiger partial charge in [-0.05, 0) is 38.1 Å². The minimum atomic E-state index is -3.77. The van der Waals surface area contributed by atoms with E-state index in [9.17, 15) is 8.42 Å². The van der Waals surface area contributed by atoms with Crippen LogP contribution in [-0.2, 0) is 14.8 Å². The van der Waals surface area contributed by atoms with E-state index in [1.165, 1.54) is 18.3 Å². The van der Waals surface area contributed by atoms with Gasteiger partial charge < -0.3 is 10.1 Å². The van der Waals surface area contributed by atoms with Gasteiger partial charge in [0.25, 0.3) is 0 Å². The summed E-state index contributed by atoms with van der Waals surface area (Å²) in [7, 11) is -2.15. The molecule has 7 nitrogen and oxygen atoms in total. The molecule has 8 heteroatoms. The van der Waals surface area contributed by atoms with Crippen LogP contribution in [0.2, 0.25) is 0 Å². The highest BCUT2D eigenvalue weighted by Gasteiger charge is 2.34. The van der Waals surface area contributed by atoms with Crippen molar-refractivity contribution >= 4 is 10.0 Å². The Balaban J connectivity index is 2.16. The average Bonchev–Trinajstić information content (AvgIpc) is 2.54. The van der Waals surface area contributed by atoms with Gasteiger partial charge in [0.2, 0.25) is 10.0 Å². The quantitative estimate of drug-likeness (QED) is 0.777. The Morgan fingerprint density at radius 1 is 1.50 bits per heavy atom. The molecule has 1 aromatic heterocycles. The molecule has 0 bridgehead atoms. The smallest absolute Gasteiger partial charge is 0.243 e. The predicted octanol–water partition coefficient (Wildman–Crippen LogP) is 0.248. The summed E-state index contributed by atoms with van der Waals surface area (Å²) >= 11 is 0. The predicted molar refractivity (Wildman–Crippen MR) is 80.6 cm³/mol. The maximum Gasteiger partial charge on any atom is 0.243 e. The lowest BCUT2D eigenvalue weighted by atomic mass is 9.80. The number of ether oxygens (including phenoxy) is 1. The van der Waals surface area contributed by atoms with Crippen molar-refractivity contribution in [2.24, 2.45) is 5.41 Å². The lowest BCUT2D eigenvalue weighted by Crippen LogP contribution is -2.47. The molecular weight excluding hydrogens is 304 g/mol. The number of aromatic nitrogens is 1. The van der Waals surface area contributed by atoms with E-state index in [-0.39, 0.29) is 22.5 Å². The van der Waals surface area contributed by atoms with Gasteiger partial charge in [0.05, 0.1) is 6.61 Å². The van der Waals surface area contributed by atoms with Crippen molar-refractivity contribution in [1.82, 2.24) is 15.0 Å². The molecule has 0 atom stereocenters. The average molecular weight is 324 g/mol. The monoisotopic (exact) mass is 324 g/mol. The molecule has 2 heterocycles. The molecule has 2 N–H and O–H groups in total. The van der Waals surface area contributed by atoms with Gasteiger partial charge in [-0.1, -0.05) is 0 Å². The Kier molecular flexibility index (Phi) is 5.47. The van der Waals surface area contributed by atoms with Crippen molar-refractivity contribution in [3.63, 3.8) is 0 Å². The first-order valence-corrected chi connectivity index (χ1v) is 8.56. The number of nitrogens with one attached hydrogen (secondary N) is 2. The highest BCUT2D eigenvalue weighted by atomic mass is 32.2. The van der Waals surface area contributed by atoms with Crippen LogP contribution in [0.4, 0.5) is 0 Å². The van der Waals surface area contributed by atoms with Gasteiger partial charge in [-0.15, -0.1) is 0 Å². The molecular formula is C14H20N4O3S. The fourth-order valence-corrected chi connectivity index (χ4v) is 3.91. The van der Waals surface area contributed by atoms with E-state index in [1.54, 1.807) is 7.11 Å². The van der Waals surface area contributed by atoms with Gasteiger partial charge in [-0.3, -0.25) is 0 Å². The Hall–Kier alpha value is -1.53. The summed E-state index contributed by atoms with van der Waals surface area (Å²) < 4.78 is 32.8. The van der Waals surface area contributed by atoms with Crippen LogP contribution < -0.4 is 10.0 Å². The van der Waals surface area contributed by atoms with Crippen LogP contribution in [0.1, 0.15) is 18.5 Å². The fraction of sp³-hybridized carbons (Fsp3) is 0.571. The second kappa shape index (κ2) is 7.15. The van der Waals surface area contributed by atoms with E-state index < -0.39 is 10.0 Å². The summed E-state index contributed by atoms with van der Waals surface area (Å²) in [5, 5.41) is 12.3. The van der Waals surface area contributed by atoms with Crippen LogP contribution in [-0.4, -0.2) is 46.8 Å². The summed E-state index contributed by atoms with van der Waals surface area (Å²) in [5.74, 6) is 0. The van der Waals surface area contributed by atoms with Gasteiger partial charge in [-0.25, -0.2) is 18.1 Å². The third-order valence-corrected chi connectivity index (χ3v) is 5.35. The number of hydrogen-bond donors (Lipinski definition) is 2. The highest BCUT2D eigenvalue weighted by molar-refractivity contribution is 7.89. The second-order valence-electron chi connectivity index (χ2n) is 5.47. The molecule has 1 fully saturated rings. The third kappa shape index (κ3) is 3.81. The van der Waals surface area contributed by atoms with Crippen molar-refractivity contribution in [3.8, 4) is 6.07 Å². The standard InChI is InChI=1S/C14H20N4O3S/c1-21-11-14(4-7-16-8-5-14)10-18-22(19,20)13-3-2-6-17-12(13)9-15/h2-3,6,16,18H,4-5,7-8,10-11H2,1H3. The first kappa shape index (κ1) is 16.8. The molecule has 1 saturated heterocycles.